The van der Waals surface area contributed by atoms with Gasteiger partial charge in [0.15, 0.2) is 0 Å². The van der Waals surface area contributed by atoms with Crippen molar-refractivity contribution < 1.29 is 14.2 Å². The van der Waals surface area contributed by atoms with Gasteiger partial charge in [-0.05, 0) is 37.5 Å². The Labute approximate surface area is 173 Å². The van der Waals surface area contributed by atoms with Crippen LogP contribution in [0.25, 0.3) is 10.9 Å². The Bertz CT molecular complexity index is 788. The molecule has 29 heavy (non-hydrogen) atoms. The molecule has 158 valence electrons. The number of benzene rings is 1. The zero-order valence-corrected chi connectivity index (χ0v) is 17.3. The number of piperidine rings is 1. The molecule has 0 amide bonds. The van der Waals surface area contributed by atoms with E-state index in [1.54, 1.807) is 0 Å². The molecule has 1 aromatic carbocycles. The third kappa shape index (κ3) is 4.45. The molecule has 0 radical (unpaired) electrons. The van der Waals surface area contributed by atoms with Crippen molar-refractivity contribution in [1.29, 1.82) is 0 Å². The highest BCUT2D eigenvalue weighted by Gasteiger charge is 2.23. The topological polar surface area (TPSA) is 39.1 Å². The van der Waals surface area contributed by atoms with Crippen LogP contribution in [-0.2, 0) is 9.47 Å². The maximum absolute atomic E-state index is 6.49. The lowest BCUT2D eigenvalue weighted by Crippen LogP contribution is -2.44. The van der Waals surface area contributed by atoms with Gasteiger partial charge in [0.1, 0.15) is 11.9 Å². The van der Waals surface area contributed by atoms with Crippen molar-refractivity contribution >= 4 is 10.9 Å². The highest BCUT2D eigenvalue weighted by atomic mass is 16.5. The molecule has 4 heterocycles. The molecule has 1 unspecified atom stereocenters. The van der Waals surface area contributed by atoms with E-state index in [0.29, 0.717) is 12.1 Å². The number of morpholine rings is 1. The maximum Gasteiger partial charge on any atom is 0.129 e. The second kappa shape index (κ2) is 9.04. The Morgan fingerprint density at radius 3 is 2.41 bits per heavy atom. The lowest BCUT2D eigenvalue weighted by Gasteiger charge is -2.34. The van der Waals surface area contributed by atoms with Crippen LogP contribution in [0.3, 0.4) is 0 Å². The first-order chi connectivity index (χ1) is 14.4. The molecule has 1 aromatic heterocycles. The Balaban J connectivity index is 1.16. The van der Waals surface area contributed by atoms with E-state index in [-0.39, 0.29) is 0 Å². The molecule has 0 saturated carbocycles. The van der Waals surface area contributed by atoms with Crippen molar-refractivity contribution in [3.63, 3.8) is 0 Å². The third-order valence-corrected chi connectivity index (χ3v) is 6.69. The molecule has 1 atom stereocenters. The minimum Gasteiger partial charge on any atom is -0.490 e. The van der Waals surface area contributed by atoms with E-state index >= 15 is 0 Å². The predicted octanol–water partition coefficient (Wildman–Crippen LogP) is 2.78. The molecular formula is C23H33N3O3. The molecule has 3 aliphatic rings. The van der Waals surface area contributed by atoms with Crippen molar-refractivity contribution in [2.24, 2.45) is 0 Å². The molecule has 2 aromatic rings. The van der Waals surface area contributed by atoms with E-state index in [9.17, 15) is 0 Å². The highest BCUT2D eigenvalue weighted by molar-refractivity contribution is 5.86. The third-order valence-electron chi connectivity index (χ3n) is 6.69. The fourth-order valence-corrected chi connectivity index (χ4v) is 4.86. The first-order valence-corrected chi connectivity index (χ1v) is 11.2. The highest BCUT2D eigenvalue weighted by Crippen LogP contribution is 2.32. The van der Waals surface area contributed by atoms with Gasteiger partial charge in [-0.2, -0.15) is 0 Å². The van der Waals surface area contributed by atoms with E-state index in [0.717, 1.165) is 90.7 Å². The summed E-state index contributed by atoms with van der Waals surface area (Å²) in [7, 11) is 0. The first kappa shape index (κ1) is 19.4. The molecular weight excluding hydrogens is 366 g/mol. The fraction of sp³-hybridized carbons (Fsp3) is 0.652. The summed E-state index contributed by atoms with van der Waals surface area (Å²) in [5, 5.41) is 1.23. The SMILES string of the molecule is c1cc(OC2CCN(CCN3CCOCC3)CC2)c2ccn(C3CCOC3)c2c1. The van der Waals surface area contributed by atoms with Gasteiger partial charge in [0.25, 0.3) is 0 Å². The number of fused-ring (bicyclic) bond motifs is 1. The summed E-state index contributed by atoms with van der Waals surface area (Å²) in [5.74, 6) is 1.03. The Morgan fingerprint density at radius 1 is 0.862 bits per heavy atom. The molecule has 0 spiro atoms. The van der Waals surface area contributed by atoms with Gasteiger partial charge in [-0.3, -0.25) is 4.90 Å². The molecule has 6 heteroatoms. The Hall–Kier alpha value is -1.60. The van der Waals surface area contributed by atoms with Crippen LogP contribution in [0.2, 0.25) is 0 Å². The summed E-state index contributed by atoms with van der Waals surface area (Å²) in [5.41, 5.74) is 1.26. The van der Waals surface area contributed by atoms with Gasteiger partial charge in [-0.25, -0.2) is 0 Å². The van der Waals surface area contributed by atoms with Crippen LogP contribution in [0.4, 0.5) is 0 Å². The average molecular weight is 400 g/mol. The zero-order chi connectivity index (χ0) is 19.5. The molecule has 0 bridgehead atoms. The van der Waals surface area contributed by atoms with Crippen LogP contribution in [0.15, 0.2) is 30.5 Å². The molecule has 6 nitrogen and oxygen atoms in total. The van der Waals surface area contributed by atoms with E-state index in [4.69, 9.17) is 14.2 Å². The van der Waals surface area contributed by atoms with Gasteiger partial charge in [-0.1, -0.05) is 6.07 Å². The maximum atomic E-state index is 6.49. The Morgan fingerprint density at radius 2 is 1.66 bits per heavy atom. The smallest absolute Gasteiger partial charge is 0.129 e. The number of ether oxygens (including phenoxy) is 3. The standard InChI is InChI=1S/C23H33N3O3/c1-2-22-21(6-10-26(22)19-7-15-28-18-19)23(3-1)29-20-4-8-24(9-5-20)11-12-25-13-16-27-17-14-25/h1-3,6,10,19-20H,4-5,7-9,11-18H2. The summed E-state index contributed by atoms with van der Waals surface area (Å²) in [6.45, 7) is 10.2. The Kier molecular flexibility index (Phi) is 6.04. The summed E-state index contributed by atoms with van der Waals surface area (Å²) in [6, 6.07) is 9.12. The second-order valence-electron chi connectivity index (χ2n) is 8.54. The van der Waals surface area contributed by atoms with Crippen molar-refractivity contribution in [3.05, 3.63) is 30.5 Å². The van der Waals surface area contributed by atoms with Gasteiger partial charge >= 0.3 is 0 Å². The van der Waals surface area contributed by atoms with E-state index in [1.807, 2.05) is 0 Å². The summed E-state index contributed by atoms with van der Waals surface area (Å²) < 4.78 is 19.9. The number of rotatable bonds is 6. The lowest BCUT2D eigenvalue weighted by atomic mass is 10.1. The number of hydrogen-bond acceptors (Lipinski definition) is 5. The lowest BCUT2D eigenvalue weighted by molar-refractivity contribution is 0.0290. The van der Waals surface area contributed by atoms with E-state index < -0.39 is 0 Å². The summed E-state index contributed by atoms with van der Waals surface area (Å²) >= 11 is 0. The van der Waals surface area contributed by atoms with Crippen LogP contribution in [0.1, 0.15) is 25.3 Å². The van der Waals surface area contributed by atoms with Crippen LogP contribution < -0.4 is 4.74 Å². The van der Waals surface area contributed by atoms with Crippen LogP contribution in [0.5, 0.6) is 5.75 Å². The minimum atomic E-state index is 0.318. The summed E-state index contributed by atoms with van der Waals surface area (Å²) in [6.07, 6.45) is 5.83. The molecule has 0 aliphatic carbocycles. The van der Waals surface area contributed by atoms with Crippen molar-refractivity contribution in [2.75, 3.05) is 65.7 Å². The van der Waals surface area contributed by atoms with Gasteiger partial charge in [-0.15, -0.1) is 0 Å². The number of hydrogen-bond donors (Lipinski definition) is 0. The van der Waals surface area contributed by atoms with Gasteiger partial charge < -0.3 is 23.7 Å². The van der Waals surface area contributed by atoms with E-state index in [1.165, 1.54) is 10.9 Å². The van der Waals surface area contributed by atoms with Gasteiger partial charge in [0.05, 0.1) is 31.4 Å². The molecule has 3 fully saturated rings. The predicted molar refractivity (Wildman–Crippen MR) is 114 cm³/mol. The molecule has 5 rings (SSSR count). The van der Waals surface area contributed by atoms with Crippen LogP contribution >= 0.6 is 0 Å². The number of nitrogens with zero attached hydrogens (tertiary/aromatic N) is 3. The van der Waals surface area contributed by atoms with Crippen molar-refractivity contribution in [3.8, 4) is 5.75 Å². The quantitative estimate of drug-likeness (QED) is 0.747. The van der Waals surface area contributed by atoms with Gasteiger partial charge in [0.2, 0.25) is 0 Å². The second-order valence-corrected chi connectivity index (χ2v) is 8.54. The number of aromatic nitrogens is 1. The largest absolute Gasteiger partial charge is 0.490 e. The average Bonchev–Trinajstić information content (AvgIpc) is 3.44. The van der Waals surface area contributed by atoms with Crippen LogP contribution in [0, 0.1) is 0 Å². The van der Waals surface area contributed by atoms with Gasteiger partial charge in [0, 0.05) is 57.5 Å². The fourth-order valence-electron chi connectivity index (χ4n) is 4.86. The first-order valence-electron chi connectivity index (χ1n) is 11.2. The normalized spacial score (nSPS) is 25.0. The van der Waals surface area contributed by atoms with Crippen molar-refractivity contribution in [2.45, 2.75) is 31.4 Å². The summed E-state index contributed by atoms with van der Waals surface area (Å²) in [4.78, 5) is 5.11. The molecule has 0 N–H and O–H groups in total. The molecule has 3 saturated heterocycles. The minimum absolute atomic E-state index is 0.318. The van der Waals surface area contributed by atoms with Crippen LogP contribution in [-0.4, -0.2) is 86.2 Å². The zero-order valence-electron chi connectivity index (χ0n) is 17.3. The number of likely N-dealkylation sites (tertiary alicyclic amines) is 1. The monoisotopic (exact) mass is 399 g/mol. The molecule has 3 aliphatic heterocycles. The van der Waals surface area contributed by atoms with Crippen molar-refractivity contribution in [1.82, 2.24) is 14.4 Å². The van der Waals surface area contributed by atoms with E-state index in [2.05, 4.69) is 44.8 Å².